The minimum absolute atomic E-state index is 0.114. The van der Waals surface area contributed by atoms with E-state index in [4.69, 9.17) is 0 Å². The van der Waals surface area contributed by atoms with Crippen LogP contribution in [0.25, 0.3) is 10.9 Å². The van der Waals surface area contributed by atoms with Crippen LogP contribution in [0.3, 0.4) is 0 Å². The topological polar surface area (TPSA) is 54.3 Å². The molecule has 0 spiro atoms. The highest BCUT2D eigenvalue weighted by atomic mass is 16.2. The van der Waals surface area contributed by atoms with Gasteiger partial charge in [0.15, 0.2) is 0 Å². The standard InChI is InChI=1S/C16H21N3O2/c1-11-9-19(14-8-6-5-7-13(11)14)10-15(20)17-12(2)16(21)18(3)4/h5-9,12H,10H2,1-4H3,(H,17,20)/t12-/m1/s1. The van der Waals surface area contributed by atoms with Gasteiger partial charge in [-0.2, -0.15) is 0 Å². The van der Waals surface area contributed by atoms with Gasteiger partial charge in [-0.1, -0.05) is 18.2 Å². The Labute approximate surface area is 124 Å². The van der Waals surface area contributed by atoms with Crippen LogP contribution in [0.4, 0.5) is 0 Å². The van der Waals surface area contributed by atoms with Crippen molar-refractivity contribution in [3.05, 3.63) is 36.0 Å². The summed E-state index contributed by atoms with van der Waals surface area (Å²) in [7, 11) is 3.35. The molecule has 5 nitrogen and oxygen atoms in total. The minimum atomic E-state index is -0.518. The highest BCUT2D eigenvalue weighted by Gasteiger charge is 2.17. The number of benzene rings is 1. The molecule has 112 valence electrons. The number of likely N-dealkylation sites (N-methyl/N-ethyl adjacent to an activating group) is 1. The number of hydrogen-bond acceptors (Lipinski definition) is 2. The second kappa shape index (κ2) is 5.99. The maximum atomic E-state index is 12.1. The molecule has 2 aromatic rings. The van der Waals surface area contributed by atoms with Gasteiger partial charge in [-0.05, 0) is 25.5 Å². The van der Waals surface area contributed by atoms with E-state index in [0.717, 1.165) is 16.5 Å². The molecule has 1 atom stereocenters. The number of fused-ring (bicyclic) bond motifs is 1. The molecule has 0 saturated heterocycles. The Kier molecular flexibility index (Phi) is 4.31. The lowest BCUT2D eigenvalue weighted by Gasteiger charge is -2.18. The number of hydrogen-bond donors (Lipinski definition) is 1. The van der Waals surface area contributed by atoms with Crippen LogP contribution in [-0.4, -0.2) is 41.4 Å². The molecule has 0 unspecified atom stereocenters. The van der Waals surface area contributed by atoms with E-state index in [2.05, 4.69) is 5.32 Å². The van der Waals surface area contributed by atoms with Crippen LogP contribution in [0.5, 0.6) is 0 Å². The van der Waals surface area contributed by atoms with Gasteiger partial charge < -0.3 is 14.8 Å². The van der Waals surface area contributed by atoms with E-state index in [0.29, 0.717) is 0 Å². The normalized spacial score (nSPS) is 12.2. The molecular weight excluding hydrogens is 266 g/mol. The first-order chi connectivity index (χ1) is 9.90. The van der Waals surface area contributed by atoms with Crippen molar-refractivity contribution in [1.82, 2.24) is 14.8 Å². The molecule has 2 amide bonds. The first-order valence-electron chi connectivity index (χ1n) is 6.95. The smallest absolute Gasteiger partial charge is 0.244 e. The lowest BCUT2D eigenvalue weighted by Crippen LogP contribution is -2.45. The predicted molar refractivity (Wildman–Crippen MR) is 83.0 cm³/mol. The van der Waals surface area contributed by atoms with Crippen LogP contribution in [0, 0.1) is 6.92 Å². The number of nitrogens with zero attached hydrogens (tertiary/aromatic N) is 2. The second-order valence-electron chi connectivity index (χ2n) is 5.48. The number of carbonyl (C=O) groups is 2. The fourth-order valence-electron chi connectivity index (χ4n) is 2.45. The van der Waals surface area contributed by atoms with E-state index in [1.54, 1.807) is 21.0 Å². The number of carbonyl (C=O) groups excluding carboxylic acids is 2. The van der Waals surface area contributed by atoms with E-state index in [1.807, 2.05) is 42.0 Å². The van der Waals surface area contributed by atoms with Gasteiger partial charge in [-0.3, -0.25) is 9.59 Å². The number of aryl methyl sites for hydroxylation is 1. The summed E-state index contributed by atoms with van der Waals surface area (Å²) in [6.07, 6.45) is 1.96. The average molecular weight is 287 g/mol. The molecular formula is C16H21N3O2. The molecule has 0 fully saturated rings. The van der Waals surface area contributed by atoms with Gasteiger partial charge in [-0.25, -0.2) is 0 Å². The van der Waals surface area contributed by atoms with E-state index in [1.165, 1.54) is 4.90 Å². The van der Waals surface area contributed by atoms with E-state index in [-0.39, 0.29) is 18.4 Å². The second-order valence-corrected chi connectivity index (χ2v) is 5.48. The average Bonchev–Trinajstić information content (AvgIpc) is 2.75. The first kappa shape index (κ1) is 15.1. The number of amides is 2. The van der Waals surface area contributed by atoms with Gasteiger partial charge in [0.2, 0.25) is 11.8 Å². The number of nitrogens with one attached hydrogen (secondary N) is 1. The van der Waals surface area contributed by atoms with Crippen LogP contribution >= 0.6 is 0 Å². The maximum Gasteiger partial charge on any atom is 0.244 e. The number of rotatable bonds is 4. The molecule has 21 heavy (non-hydrogen) atoms. The van der Waals surface area contributed by atoms with E-state index >= 15 is 0 Å². The molecule has 0 radical (unpaired) electrons. The summed E-state index contributed by atoms with van der Waals surface area (Å²) in [5.41, 5.74) is 2.16. The zero-order chi connectivity index (χ0) is 15.6. The molecule has 0 aliphatic rings. The molecule has 0 bridgehead atoms. The first-order valence-corrected chi connectivity index (χ1v) is 6.95. The van der Waals surface area contributed by atoms with E-state index < -0.39 is 6.04 Å². The fraction of sp³-hybridized carbons (Fsp3) is 0.375. The van der Waals surface area contributed by atoms with Gasteiger partial charge in [0.25, 0.3) is 0 Å². The quantitative estimate of drug-likeness (QED) is 0.927. The molecule has 1 aromatic carbocycles. The highest BCUT2D eigenvalue weighted by molar-refractivity contribution is 5.89. The molecule has 0 aliphatic carbocycles. The summed E-state index contributed by atoms with van der Waals surface area (Å²) < 4.78 is 1.91. The van der Waals surface area contributed by atoms with Gasteiger partial charge >= 0.3 is 0 Å². The Bertz CT molecular complexity index is 673. The summed E-state index contributed by atoms with van der Waals surface area (Å²) in [5.74, 6) is -0.282. The third-order valence-electron chi connectivity index (χ3n) is 3.49. The van der Waals surface area contributed by atoms with Crippen molar-refractivity contribution in [1.29, 1.82) is 0 Å². The van der Waals surface area contributed by atoms with Crippen molar-refractivity contribution >= 4 is 22.7 Å². The molecule has 5 heteroatoms. The molecule has 0 saturated carbocycles. The molecule has 1 heterocycles. The Morgan fingerprint density at radius 3 is 2.62 bits per heavy atom. The molecule has 1 aromatic heterocycles. The lowest BCUT2D eigenvalue weighted by atomic mass is 10.2. The monoisotopic (exact) mass is 287 g/mol. The van der Waals surface area contributed by atoms with E-state index in [9.17, 15) is 9.59 Å². The molecule has 1 N–H and O–H groups in total. The summed E-state index contributed by atoms with van der Waals surface area (Å²) in [5, 5.41) is 3.87. The maximum absolute atomic E-state index is 12.1. The largest absolute Gasteiger partial charge is 0.347 e. The van der Waals surface area contributed by atoms with Crippen molar-refractivity contribution in [2.45, 2.75) is 26.4 Å². The fourth-order valence-corrected chi connectivity index (χ4v) is 2.45. The van der Waals surface area contributed by atoms with Gasteiger partial charge in [0.1, 0.15) is 12.6 Å². The van der Waals surface area contributed by atoms with Crippen molar-refractivity contribution in [3.8, 4) is 0 Å². The van der Waals surface area contributed by atoms with Crippen molar-refractivity contribution < 1.29 is 9.59 Å². The van der Waals surface area contributed by atoms with Crippen LogP contribution in [0.15, 0.2) is 30.5 Å². The Morgan fingerprint density at radius 1 is 1.29 bits per heavy atom. The van der Waals surface area contributed by atoms with Crippen LogP contribution < -0.4 is 5.32 Å². The molecule has 2 rings (SSSR count). The Hall–Kier alpha value is -2.30. The summed E-state index contributed by atoms with van der Waals surface area (Å²) >= 11 is 0. The predicted octanol–water partition coefficient (Wildman–Crippen LogP) is 1.54. The van der Waals surface area contributed by atoms with Gasteiger partial charge in [0, 0.05) is 31.2 Å². The third-order valence-corrected chi connectivity index (χ3v) is 3.49. The SMILES string of the molecule is Cc1cn(CC(=O)N[C@H](C)C(=O)N(C)C)c2ccccc12. The van der Waals surface area contributed by atoms with Crippen LogP contribution in [0.1, 0.15) is 12.5 Å². The summed E-state index contributed by atoms with van der Waals surface area (Å²) in [4.78, 5) is 25.3. The zero-order valence-electron chi connectivity index (χ0n) is 12.9. The van der Waals surface area contributed by atoms with Crippen molar-refractivity contribution in [2.75, 3.05) is 14.1 Å². The number of aromatic nitrogens is 1. The van der Waals surface area contributed by atoms with Crippen LogP contribution in [0.2, 0.25) is 0 Å². The third kappa shape index (κ3) is 3.24. The minimum Gasteiger partial charge on any atom is -0.347 e. The Morgan fingerprint density at radius 2 is 1.95 bits per heavy atom. The molecule has 0 aliphatic heterocycles. The van der Waals surface area contributed by atoms with Crippen molar-refractivity contribution in [2.24, 2.45) is 0 Å². The lowest BCUT2D eigenvalue weighted by molar-refractivity contribution is -0.134. The van der Waals surface area contributed by atoms with Crippen LogP contribution in [-0.2, 0) is 16.1 Å². The summed E-state index contributed by atoms with van der Waals surface area (Å²) in [6.45, 7) is 3.92. The van der Waals surface area contributed by atoms with Crippen molar-refractivity contribution in [3.63, 3.8) is 0 Å². The number of para-hydroxylation sites is 1. The van der Waals surface area contributed by atoms with Gasteiger partial charge in [-0.15, -0.1) is 0 Å². The Balaban J connectivity index is 2.10. The highest BCUT2D eigenvalue weighted by Crippen LogP contribution is 2.20. The zero-order valence-corrected chi connectivity index (χ0v) is 12.9. The van der Waals surface area contributed by atoms with Gasteiger partial charge in [0.05, 0.1) is 0 Å². The summed E-state index contributed by atoms with van der Waals surface area (Å²) in [6, 6.07) is 7.45.